The quantitative estimate of drug-likeness (QED) is 0.848. The van der Waals surface area contributed by atoms with Crippen LogP contribution < -0.4 is 4.90 Å². The van der Waals surface area contributed by atoms with Gasteiger partial charge in [0, 0.05) is 38.8 Å². The summed E-state index contributed by atoms with van der Waals surface area (Å²) in [5, 5.41) is 0. The first-order valence-electron chi connectivity index (χ1n) is 7.92. The molecule has 1 amide bonds. The summed E-state index contributed by atoms with van der Waals surface area (Å²) in [5.41, 5.74) is 0.962. The summed E-state index contributed by atoms with van der Waals surface area (Å²) < 4.78 is 0. The molecule has 1 aromatic rings. The monoisotopic (exact) mass is 288 g/mol. The lowest BCUT2D eigenvalue weighted by Crippen LogP contribution is -2.40. The highest BCUT2D eigenvalue weighted by atomic mass is 16.2. The molecule has 5 nitrogen and oxygen atoms in total. The fraction of sp³-hybridized carbons (Fsp3) is 0.688. The molecule has 2 aliphatic rings. The molecule has 0 aromatic carbocycles. The van der Waals surface area contributed by atoms with Crippen LogP contribution in [0.2, 0.25) is 0 Å². The molecule has 3 rings (SSSR count). The standard InChI is InChI=1S/C16H24N4O/c1-12-9-17-10-15(18-12)20-7-5-13(6-8-20)11-19(2)16(21)14-3-4-14/h9-10,13-14H,3-8,11H2,1-2H3. The van der Waals surface area contributed by atoms with Crippen molar-refractivity contribution < 1.29 is 4.79 Å². The predicted octanol–water partition coefficient (Wildman–Crippen LogP) is 1.87. The molecule has 0 unspecified atom stereocenters. The predicted molar refractivity (Wildman–Crippen MR) is 82.1 cm³/mol. The Kier molecular flexibility index (Phi) is 4.08. The highest BCUT2D eigenvalue weighted by molar-refractivity contribution is 5.80. The van der Waals surface area contributed by atoms with Gasteiger partial charge in [-0.1, -0.05) is 0 Å². The lowest BCUT2D eigenvalue weighted by Gasteiger charge is -2.34. The first-order chi connectivity index (χ1) is 10.1. The molecular weight excluding hydrogens is 264 g/mol. The Morgan fingerprint density at radius 2 is 2.00 bits per heavy atom. The zero-order chi connectivity index (χ0) is 14.8. The Bertz CT molecular complexity index is 507. The third-order valence-electron chi connectivity index (χ3n) is 4.52. The van der Waals surface area contributed by atoms with Crippen molar-refractivity contribution in [3.63, 3.8) is 0 Å². The van der Waals surface area contributed by atoms with E-state index in [9.17, 15) is 4.79 Å². The van der Waals surface area contributed by atoms with E-state index in [2.05, 4.69) is 14.9 Å². The van der Waals surface area contributed by atoms with E-state index >= 15 is 0 Å². The van der Waals surface area contributed by atoms with Crippen molar-refractivity contribution in [2.45, 2.75) is 32.6 Å². The second kappa shape index (κ2) is 6.00. The second-order valence-electron chi connectivity index (χ2n) is 6.44. The third-order valence-corrected chi connectivity index (χ3v) is 4.52. The van der Waals surface area contributed by atoms with Crippen molar-refractivity contribution in [2.75, 3.05) is 31.6 Å². The number of piperidine rings is 1. The van der Waals surface area contributed by atoms with Gasteiger partial charge in [-0.15, -0.1) is 0 Å². The molecule has 0 atom stereocenters. The van der Waals surface area contributed by atoms with E-state index in [-0.39, 0.29) is 0 Å². The van der Waals surface area contributed by atoms with Gasteiger partial charge >= 0.3 is 0 Å². The minimum Gasteiger partial charge on any atom is -0.355 e. The molecule has 2 fully saturated rings. The van der Waals surface area contributed by atoms with Crippen molar-refractivity contribution in [1.29, 1.82) is 0 Å². The molecule has 0 spiro atoms. The van der Waals surface area contributed by atoms with Crippen LogP contribution in [0.3, 0.4) is 0 Å². The van der Waals surface area contributed by atoms with Crippen molar-refractivity contribution in [1.82, 2.24) is 14.9 Å². The maximum atomic E-state index is 12.0. The third kappa shape index (κ3) is 3.52. The highest BCUT2D eigenvalue weighted by Gasteiger charge is 2.33. The fourth-order valence-electron chi connectivity index (χ4n) is 3.07. The zero-order valence-corrected chi connectivity index (χ0v) is 13.0. The van der Waals surface area contributed by atoms with E-state index < -0.39 is 0 Å². The first-order valence-corrected chi connectivity index (χ1v) is 7.92. The topological polar surface area (TPSA) is 49.3 Å². The molecule has 1 saturated carbocycles. The van der Waals surface area contributed by atoms with E-state index in [1.807, 2.05) is 25.1 Å². The first kappa shape index (κ1) is 14.3. The number of amides is 1. The fourth-order valence-corrected chi connectivity index (χ4v) is 3.07. The van der Waals surface area contributed by atoms with E-state index in [0.29, 0.717) is 17.7 Å². The summed E-state index contributed by atoms with van der Waals surface area (Å²) in [7, 11) is 1.96. The van der Waals surface area contributed by atoms with Gasteiger partial charge in [0.1, 0.15) is 5.82 Å². The Hall–Kier alpha value is -1.65. The molecule has 1 aromatic heterocycles. The summed E-state index contributed by atoms with van der Waals surface area (Å²) in [6, 6.07) is 0. The van der Waals surface area contributed by atoms with Gasteiger partial charge in [0.2, 0.25) is 5.91 Å². The number of rotatable bonds is 4. The maximum absolute atomic E-state index is 12.0. The van der Waals surface area contributed by atoms with Gasteiger partial charge in [0.05, 0.1) is 11.9 Å². The van der Waals surface area contributed by atoms with Crippen LogP contribution in [0.25, 0.3) is 0 Å². The van der Waals surface area contributed by atoms with Gasteiger partial charge < -0.3 is 9.80 Å². The molecule has 1 aliphatic carbocycles. The van der Waals surface area contributed by atoms with Crippen LogP contribution in [0.15, 0.2) is 12.4 Å². The molecule has 0 N–H and O–H groups in total. The van der Waals surface area contributed by atoms with Crippen LogP contribution >= 0.6 is 0 Å². The number of aryl methyl sites for hydroxylation is 1. The second-order valence-corrected chi connectivity index (χ2v) is 6.44. The van der Waals surface area contributed by atoms with Gasteiger partial charge in [-0.2, -0.15) is 0 Å². The Labute approximate surface area is 126 Å². The molecule has 0 bridgehead atoms. The van der Waals surface area contributed by atoms with Crippen LogP contribution in [0.4, 0.5) is 5.82 Å². The summed E-state index contributed by atoms with van der Waals surface area (Å²) in [6.45, 7) is 4.90. The zero-order valence-electron chi connectivity index (χ0n) is 13.0. The van der Waals surface area contributed by atoms with Crippen LogP contribution in [-0.2, 0) is 4.79 Å². The van der Waals surface area contributed by atoms with Crippen LogP contribution in [0.5, 0.6) is 0 Å². The summed E-state index contributed by atoms with van der Waals surface area (Å²) >= 11 is 0. The number of anilines is 1. The minimum atomic E-state index is 0.331. The number of aromatic nitrogens is 2. The van der Waals surface area contributed by atoms with Crippen molar-refractivity contribution in [2.24, 2.45) is 11.8 Å². The molecule has 0 radical (unpaired) electrons. The number of nitrogens with zero attached hydrogens (tertiary/aromatic N) is 4. The SMILES string of the molecule is Cc1cncc(N2CCC(CN(C)C(=O)C3CC3)CC2)n1. The van der Waals surface area contributed by atoms with Crippen molar-refractivity contribution in [3.05, 3.63) is 18.1 Å². The van der Waals surface area contributed by atoms with Gasteiger partial charge in [-0.25, -0.2) is 4.98 Å². The molecule has 2 heterocycles. The molecule has 5 heteroatoms. The summed E-state index contributed by atoms with van der Waals surface area (Å²) in [5.74, 6) is 2.28. The lowest BCUT2D eigenvalue weighted by molar-refractivity contribution is -0.131. The maximum Gasteiger partial charge on any atom is 0.225 e. The van der Waals surface area contributed by atoms with Gasteiger partial charge in [0.25, 0.3) is 0 Å². The van der Waals surface area contributed by atoms with E-state index in [1.165, 1.54) is 0 Å². The molecular formula is C16H24N4O. The molecule has 21 heavy (non-hydrogen) atoms. The number of carbonyl (C=O) groups is 1. The Morgan fingerprint density at radius 1 is 1.29 bits per heavy atom. The largest absolute Gasteiger partial charge is 0.355 e. The van der Waals surface area contributed by atoms with Crippen LogP contribution in [0.1, 0.15) is 31.4 Å². The van der Waals surface area contributed by atoms with E-state index in [0.717, 1.165) is 56.8 Å². The summed E-state index contributed by atoms with van der Waals surface area (Å²) in [6.07, 6.45) is 8.06. The molecule has 1 aliphatic heterocycles. The highest BCUT2D eigenvalue weighted by Crippen LogP contribution is 2.31. The van der Waals surface area contributed by atoms with Crippen molar-refractivity contribution >= 4 is 11.7 Å². The van der Waals surface area contributed by atoms with Gasteiger partial charge in [-0.3, -0.25) is 9.78 Å². The van der Waals surface area contributed by atoms with Crippen LogP contribution in [-0.4, -0.2) is 47.5 Å². The molecule has 1 saturated heterocycles. The average molecular weight is 288 g/mol. The number of hydrogen-bond donors (Lipinski definition) is 0. The molecule has 114 valence electrons. The lowest BCUT2D eigenvalue weighted by atomic mass is 9.96. The van der Waals surface area contributed by atoms with E-state index in [4.69, 9.17) is 0 Å². The van der Waals surface area contributed by atoms with Crippen molar-refractivity contribution in [3.8, 4) is 0 Å². The Balaban J connectivity index is 1.49. The number of carbonyl (C=O) groups excluding carboxylic acids is 1. The summed E-state index contributed by atoms with van der Waals surface area (Å²) in [4.78, 5) is 25.0. The smallest absolute Gasteiger partial charge is 0.225 e. The van der Waals surface area contributed by atoms with Gasteiger partial charge in [0.15, 0.2) is 0 Å². The van der Waals surface area contributed by atoms with E-state index in [1.54, 1.807) is 6.20 Å². The number of hydrogen-bond acceptors (Lipinski definition) is 4. The van der Waals surface area contributed by atoms with Gasteiger partial charge in [-0.05, 0) is 38.5 Å². The average Bonchev–Trinajstić information content (AvgIpc) is 3.32. The minimum absolute atomic E-state index is 0.331. The normalized spacial score (nSPS) is 19.6. The Morgan fingerprint density at radius 3 is 2.62 bits per heavy atom. The van der Waals surface area contributed by atoms with Crippen LogP contribution in [0, 0.1) is 18.8 Å².